The number of carbonyl (C=O) groups excluding carboxylic acids is 1. The van der Waals surface area contributed by atoms with E-state index in [0.717, 1.165) is 47.2 Å². The van der Waals surface area contributed by atoms with E-state index in [1.807, 2.05) is 30.2 Å². The summed E-state index contributed by atoms with van der Waals surface area (Å²) in [5, 5.41) is 2.84. The molecule has 4 nitrogen and oxygen atoms in total. The number of hydrogen-bond donors (Lipinski definition) is 0. The number of carbonyl (C=O) groups is 1. The standard InChI is InChI=1S/C16H21N3OS/c1-5-18-11(3)8-14(12(18)4)15(20)19(13-6-7-13)16-17-10(2)9-21-16/h8-9,13H,5-7H2,1-4H3. The van der Waals surface area contributed by atoms with Crippen LogP contribution in [0.4, 0.5) is 5.13 Å². The topological polar surface area (TPSA) is 38.1 Å². The molecule has 0 atom stereocenters. The molecular formula is C16H21N3OS. The van der Waals surface area contributed by atoms with Crippen molar-refractivity contribution in [1.29, 1.82) is 0 Å². The van der Waals surface area contributed by atoms with Gasteiger partial charge in [0.15, 0.2) is 5.13 Å². The minimum absolute atomic E-state index is 0.0969. The summed E-state index contributed by atoms with van der Waals surface area (Å²) in [5.74, 6) is 0.0969. The van der Waals surface area contributed by atoms with E-state index in [1.54, 1.807) is 11.3 Å². The van der Waals surface area contributed by atoms with E-state index in [4.69, 9.17) is 0 Å². The molecule has 3 rings (SSSR count). The van der Waals surface area contributed by atoms with Crippen LogP contribution < -0.4 is 4.90 Å². The summed E-state index contributed by atoms with van der Waals surface area (Å²) in [6.45, 7) is 9.06. The van der Waals surface area contributed by atoms with Gasteiger partial charge in [-0.1, -0.05) is 0 Å². The van der Waals surface area contributed by atoms with Gasteiger partial charge in [-0.05, 0) is 46.6 Å². The summed E-state index contributed by atoms with van der Waals surface area (Å²) in [6.07, 6.45) is 2.16. The summed E-state index contributed by atoms with van der Waals surface area (Å²) in [4.78, 5) is 19.4. The molecule has 2 heterocycles. The third-order valence-corrected chi connectivity index (χ3v) is 5.02. The van der Waals surface area contributed by atoms with Crippen molar-refractivity contribution in [2.24, 2.45) is 0 Å². The van der Waals surface area contributed by atoms with Crippen molar-refractivity contribution in [3.8, 4) is 0 Å². The van der Waals surface area contributed by atoms with Crippen molar-refractivity contribution in [3.05, 3.63) is 34.1 Å². The number of thiazole rings is 1. The molecule has 0 N–H and O–H groups in total. The molecule has 112 valence electrons. The van der Waals surface area contributed by atoms with Crippen LogP contribution in [-0.4, -0.2) is 21.5 Å². The number of nitrogens with zero attached hydrogens (tertiary/aromatic N) is 3. The van der Waals surface area contributed by atoms with Crippen LogP contribution in [0.2, 0.25) is 0 Å². The molecule has 0 bridgehead atoms. The van der Waals surface area contributed by atoms with Crippen LogP contribution in [0, 0.1) is 20.8 Å². The predicted molar refractivity (Wildman–Crippen MR) is 86.3 cm³/mol. The number of hydrogen-bond acceptors (Lipinski definition) is 3. The average Bonchev–Trinajstić information content (AvgIpc) is 3.11. The molecule has 2 aromatic heterocycles. The lowest BCUT2D eigenvalue weighted by Crippen LogP contribution is -2.33. The van der Waals surface area contributed by atoms with Gasteiger partial charge in [-0.2, -0.15) is 0 Å². The largest absolute Gasteiger partial charge is 0.349 e. The molecule has 0 aromatic carbocycles. The average molecular weight is 303 g/mol. The van der Waals surface area contributed by atoms with Gasteiger partial charge >= 0.3 is 0 Å². The normalized spacial score (nSPS) is 14.5. The zero-order valence-electron chi connectivity index (χ0n) is 13.0. The lowest BCUT2D eigenvalue weighted by Gasteiger charge is -2.19. The van der Waals surface area contributed by atoms with E-state index in [0.29, 0.717) is 6.04 Å². The second kappa shape index (κ2) is 5.30. The Morgan fingerprint density at radius 1 is 1.43 bits per heavy atom. The first-order chi connectivity index (χ1) is 10.0. The summed E-state index contributed by atoms with van der Waals surface area (Å²) >= 11 is 1.56. The Morgan fingerprint density at radius 2 is 2.14 bits per heavy atom. The minimum Gasteiger partial charge on any atom is -0.349 e. The third-order valence-electron chi connectivity index (χ3n) is 4.06. The van der Waals surface area contributed by atoms with E-state index in [-0.39, 0.29) is 5.91 Å². The third kappa shape index (κ3) is 2.50. The molecule has 1 aliphatic carbocycles. The highest BCUT2D eigenvalue weighted by Crippen LogP contribution is 2.35. The Kier molecular flexibility index (Phi) is 3.61. The quantitative estimate of drug-likeness (QED) is 0.864. The molecule has 1 amide bonds. The van der Waals surface area contributed by atoms with E-state index < -0.39 is 0 Å². The highest BCUT2D eigenvalue weighted by atomic mass is 32.1. The van der Waals surface area contributed by atoms with Gasteiger partial charge in [0.2, 0.25) is 0 Å². The fraction of sp³-hybridized carbons (Fsp3) is 0.500. The number of rotatable bonds is 4. The Morgan fingerprint density at radius 3 is 2.62 bits per heavy atom. The molecule has 2 aromatic rings. The maximum atomic E-state index is 13.0. The van der Waals surface area contributed by atoms with Crippen molar-refractivity contribution in [2.75, 3.05) is 4.90 Å². The molecule has 0 saturated heterocycles. The number of amides is 1. The Balaban J connectivity index is 1.99. The van der Waals surface area contributed by atoms with Crippen LogP contribution in [-0.2, 0) is 6.54 Å². The maximum absolute atomic E-state index is 13.0. The highest BCUT2D eigenvalue weighted by molar-refractivity contribution is 7.14. The van der Waals surface area contributed by atoms with Gasteiger partial charge in [0.05, 0.1) is 11.3 Å². The van der Waals surface area contributed by atoms with E-state index in [2.05, 4.69) is 23.4 Å². The van der Waals surface area contributed by atoms with Crippen molar-refractivity contribution in [1.82, 2.24) is 9.55 Å². The van der Waals surface area contributed by atoms with Gasteiger partial charge in [0.1, 0.15) is 0 Å². The second-order valence-electron chi connectivity index (χ2n) is 5.71. The second-order valence-corrected chi connectivity index (χ2v) is 6.54. The lowest BCUT2D eigenvalue weighted by molar-refractivity contribution is 0.0984. The monoisotopic (exact) mass is 303 g/mol. The molecule has 0 aliphatic heterocycles. The number of aryl methyl sites for hydroxylation is 2. The van der Waals surface area contributed by atoms with E-state index >= 15 is 0 Å². The van der Waals surface area contributed by atoms with Crippen LogP contribution in [0.25, 0.3) is 0 Å². The molecule has 5 heteroatoms. The van der Waals surface area contributed by atoms with Crippen molar-refractivity contribution in [2.45, 2.75) is 53.1 Å². The lowest BCUT2D eigenvalue weighted by atomic mass is 10.2. The van der Waals surface area contributed by atoms with Crippen molar-refractivity contribution in [3.63, 3.8) is 0 Å². The van der Waals surface area contributed by atoms with Crippen LogP contribution in [0.15, 0.2) is 11.4 Å². The van der Waals surface area contributed by atoms with Gasteiger partial charge in [0.25, 0.3) is 5.91 Å². The van der Waals surface area contributed by atoms with Crippen LogP contribution in [0.1, 0.15) is 47.2 Å². The molecule has 0 unspecified atom stereocenters. The van der Waals surface area contributed by atoms with Gasteiger partial charge in [-0.25, -0.2) is 4.98 Å². The molecular weight excluding hydrogens is 282 g/mol. The van der Waals surface area contributed by atoms with Crippen molar-refractivity contribution < 1.29 is 4.79 Å². The first-order valence-corrected chi connectivity index (χ1v) is 8.33. The Bertz CT molecular complexity index is 682. The molecule has 1 saturated carbocycles. The number of anilines is 1. The molecule has 21 heavy (non-hydrogen) atoms. The summed E-state index contributed by atoms with van der Waals surface area (Å²) in [6, 6.07) is 2.34. The summed E-state index contributed by atoms with van der Waals surface area (Å²) in [5.41, 5.74) is 3.99. The highest BCUT2D eigenvalue weighted by Gasteiger charge is 2.37. The van der Waals surface area contributed by atoms with Gasteiger partial charge in [-0.3, -0.25) is 9.69 Å². The minimum atomic E-state index is 0.0969. The summed E-state index contributed by atoms with van der Waals surface area (Å²) < 4.78 is 2.19. The molecule has 0 spiro atoms. The SMILES string of the molecule is CCn1c(C)cc(C(=O)N(c2nc(C)cs2)C2CC2)c1C. The van der Waals surface area contributed by atoms with E-state index in [1.165, 1.54) is 0 Å². The first-order valence-electron chi connectivity index (χ1n) is 7.45. The fourth-order valence-electron chi connectivity index (χ4n) is 2.83. The number of aromatic nitrogens is 2. The summed E-state index contributed by atoms with van der Waals surface area (Å²) in [7, 11) is 0. The fourth-order valence-corrected chi connectivity index (χ4v) is 3.70. The predicted octanol–water partition coefficient (Wildman–Crippen LogP) is 3.70. The van der Waals surface area contributed by atoms with Crippen LogP contribution in [0.3, 0.4) is 0 Å². The Labute approximate surface area is 129 Å². The van der Waals surface area contributed by atoms with Crippen LogP contribution >= 0.6 is 11.3 Å². The van der Waals surface area contributed by atoms with Gasteiger partial charge < -0.3 is 4.57 Å². The van der Waals surface area contributed by atoms with Gasteiger partial charge in [0, 0.05) is 29.4 Å². The molecule has 0 radical (unpaired) electrons. The smallest absolute Gasteiger partial charge is 0.262 e. The molecule has 1 aliphatic rings. The van der Waals surface area contributed by atoms with Gasteiger partial charge in [-0.15, -0.1) is 11.3 Å². The molecule has 1 fully saturated rings. The zero-order valence-corrected chi connectivity index (χ0v) is 13.8. The first kappa shape index (κ1) is 14.3. The van der Waals surface area contributed by atoms with Crippen molar-refractivity contribution >= 4 is 22.4 Å². The maximum Gasteiger partial charge on any atom is 0.262 e. The van der Waals surface area contributed by atoms with E-state index in [9.17, 15) is 4.79 Å². The zero-order chi connectivity index (χ0) is 15.1. The van der Waals surface area contributed by atoms with Crippen LogP contribution in [0.5, 0.6) is 0 Å². The Hall–Kier alpha value is -1.62.